The number of carbonyl (C=O) groups excluding carboxylic acids is 1. The number of unbranched alkanes of at least 4 members (excludes halogenated alkanes) is 6. The van der Waals surface area contributed by atoms with Crippen LogP contribution in [-0.4, -0.2) is 45.5 Å². The number of rotatable bonds is 16. The summed E-state index contributed by atoms with van der Waals surface area (Å²) in [5, 5.41) is 9.63. The number of aliphatic carboxylic acids is 1. The van der Waals surface area contributed by atoms with Crippen LogP contribution in [0, 0.1) is 0 Å². The van der Waals surface area contributed by atoms with Crippen molar-refractivity contribution in [3.05, 3.63) is 28.7 Å². The average Bonchev–Trinajstić information content (AvgIpc) is 3.07. The van der Waals surface area contributed by atoms with E-state index in [1.54, 1.807) is 6.08 Å². The maximum absolute atomic E-state index is 13.0. The predicted molar refractivity (Wildman–Crippen MR) is 142 cm³/mol. The lowest BCUT2D eigenvalue weighted by Crippen LogP contribution is -2.43. The van der Waals surface area contributed by atoms with Gasteiger partial charge in [0.05, 0.1) is 18.1 Å². The van der Waals surface area contributed by atoms with Crippen LogP contribution in [0.5, 0.6) is 11.5 Å². The number of carboxylic acids is 1. The van der Waals surface area contributed by atoms with Crippen LogP contribution in [0.25, 0.3) is 6.08 Å². The summed E-state index contributed by atoms with van der Waals surface area (Å²) < 4.78 is 12.0. The van der Waals surface area contributed by atoms with E-state index in [4.69, 9.17) is 21.7 Å². The number of amides is 1. The molecule has 1 N–H and O–H groups in total. The van der Waals surface area contributed by atoms with E-state index in [2.05, 4.69) is 6.92 Å². The van der Waals surface area contributed by atoms with Crippen LogP contribution >= 0.6 is 24.0 Å². The van der Waals surface area contributed by atoms with Gasteiger partial charge in [0.25, 0.3) is 5.91 Å². The normalized spacial score (nSPS) is 15.7. The Balaban J connectivity index is 2.09. The van der Waals surface area contributed by atoms with Gasteiger partial charge in [0, 0.05) is 0 Å². The molecule has 1 fully saturated rings. The zero-order chi connectivity index (χ0) is 24.9. The molecular weight excluding hydrogens is 470 g/mol. The molecule has 1 aromatic carbocycles. The summed E-state index contributed by atoms with van der Waals surface area (Å²) in [4.78, 5) is 26.4. The Bertz CT molecular complexity index is 871. The van der Waals surface area contributed by atoms with Gasteiger partial charge >= 0.3 is 5.97 Å². The van der Waals surface area contributed by atoms with Gasteiger partial charge in [-0.2, -0.15) is 0 Å². The summed E-state index contributed by atoms with van der Waals surface area (Å²) in [5.74, 6) is -0.0777. The number of ether oxygens (including phenoxy) is 2. The Hall–Kier alpha value is -2.06. The number of carboxylic acid groups (broad SMARTS) is 1. The van der Waals surface area contributed by atoms with E-state index < -0.39 is 12.0 Å². The molecule has 0 radical (unpaired) electrons. The Labute approximate surface area is 213 Å². The Morgan fingerprint density at radius 3 is 2.44 bits per heavy atom. The molecule has 1 amide bonds. The molecule has 1 unspecified atom stereocenters. The summed E-state index contributed by atoms with van der Waals surface area (Å²) in [7, 11) is 0. The average molecular weight is 508 g/mol. The minimum atomic E-state index is -1.03. The first-order chi connectivity index (χ1) is 16.4. The molecule has 1 aliphatic heterocycles. The zero-order valence-electron chi connectivity index (χ0n) is 20.5. The third kappa shape index (κ3) is 8.31. The maximum Gasteiger partial charge on any atom is 0.326 e. The third-order valence-corrected chi connectivity index (χ3v) is 6.90. The number of benzene rings is 1. The minimum absolute atomic E-state index is 0.281. The van der Waals surface area contributed by atoms with Crippen molar-refractivity contribution < 1.29 is 24.2 Å². The van der Waals surface area contributed by atoms with E-state index in [1.807, 2.05) is 32.0 Å². The molecule has 188 valence electrons. The highest BCUT2D eigenvalue weighted by Gasteiger charge is 2.40. The Kier molecular flexibility index (Phi) is 12.5. The molecule has 1 atom stereocenters. The van der Waals surface area contributed by atoms with Crippen LogP contribution < -0.4 is 9.47 Å². The first-order valence-electron chi connectivity index (χ1n) is 12.3. The van der Waals surface area contributed by atoms with Gasteiger partial charge in [-0.3, -0.25) is 9.69 Å². The Morgan fingerprint density at radius 2 is 1.76 bits per heavy atom. The molecular formula is C26H37NO5S2. The number of thiocarbonyl (C=S) groups is 1. The van der Waals surface area contributed by atoms with Crippen molar-refractivity contribution >= 4 is 46.3 Å². The molecule has 1 heterocycles. The highest BCUT2D eigenvalue weighted by atomic mass is 32.2. The van der Waals surface area contributed by atoms with E-state index >= 15 is 0 Å². The van der Waals surface area contributed by atoms with Gasteiger partial charge < -0.3 is 14.6 Å². The smallest absolute Gasteiger partial charge is 0.326 e. The van der Waals surface area contributed by atoms with Crippen molar-refractivity contribution in [3.63, 3.8) is 0 Å². The lowest BCUT2D eigenvalue weighted by Gasteiger charge is -2.22. The van der Waals surface area contributed by atoms with Crippen molar-refractivity contribution in [2.24, 2.45) is 0 Å². The predicted octanol–water partition coefficient (Wildman–Crippen LogP) is 6.67. The van der Waals surface area contributed by atoms with Crippen LogP contribution in [0.4, 0.5) is 0 Å². The van der Waals surface area contributed by atoms with Crippen molar-refractivity contribution in [2.75, 3.05) is 13.2 Å². The third-order valence-electron chi connectivity index (χ3n) is 5.57. The largest absolute Gasteiger partial charge is 0.490 e. The summed E-state index contributed by atoms with van der Waals surface area (Å²) in [6.45, 7) is 7.25. The van der Waals surface area contributed by atoms with Crippen molar-refractivity contribution in [1.29, 1.82) is 0 Å². The van der Waals surface area contributed by atoms with E-state index in [9.17, 15) is 14.7 Å². The number of hydrogen-bond donors (Lipinski definition) is 1. The summed E-state index contributed by atoms with van der Waals surface area (Å²) in [6.07, 6.45) is 10.9. The molecule has 0 saturated carbocycles. The second kappa shape index (κ2) is 15.0. The van der Waals surface area contributed by atoms with Gasteiger partial charge in [-0.05, 0) is 43.5 Å². The summed E-state index contributed by atoms with van der Waals surface area (Å²) in [5.41, 5.74) is 0.774. The summed E-state index contributed by atoms with van der Waals surface area (Å²) in [6, 6.07) is 4.64. The lowest BCUT2D eigenvalue weighted by molar-refractivity contribution is -0.145. The van der Waals surface area contributed by atoms with Gasteiger partial charge in [-0.25, -0.2) is 4.79 Å². The molecule has 1 aliphatic rings. The fourth-order valence-electron chi connectivity index (χ4n) is 3.73. The van der Waals surface area contributed by atoms with Crippen molar-refractivity contribution in [3.8, 4) is 11.5 Å². The highest BCUT2D eigenvalue weighted by molar-refractivity contribution is 8.26. The van der Waals surface area contributed by atoms with Gasteiger partial charge in [0.1, 0.15) is 10.4 Å². The van der Waals surface area contributed by atoms with Crippen LogP contribution in [0.15, 0.2) is 23.1 Å². The second-order valence-electron chi connectivity index (χ2n) is 8.30. The molecule has 1 aromatic rings. The van der Waals surface area contributed by atoms with Crippen LogP contribution in [0.1, 0.15) is 84.1 Å². The molecule has 6 nitrogen and oxygen atoms in total. The topological polar surface area (TPSA) is 76.1 Å². The van der Waals surface area contributed by atoms with Crippen LogP contribution in [-0.2, 0) is 9.59 Å². The fraction of sp³-hybridized carbons (Fsp3) is 0.577. The lowest BCUT2D eigenvalue weighted by atomic mass is 10.1. The zero-order valence-corrected chi connectivity index (χ0v) is 22.1. The summed E-state index contributed by atoms with van der Waals surface area (Å²) >= 11 is 6.49. The molecule has 0 aliphatic carbocycles. The minimum Gasteiger partial charge on any atom is -0.490 e. The highest BCUT2D eigenvalue weighted by Crippen LogP contribution is 2.36. The quantitative estimate of drug-likeness (QED) is 0.152. The molecule has 34 heavy (non-hydrogen) atoms. The molecule has 1 saturated heterocycles. The van der Waals surface area contributed by atoms with E-state index in [0.29, 0.717) is 42.5 Å². The maximum atomic E-state index is 13.0. The molecule has 0 aromatic heterocycles. The first-order valence-corrected chi connectivity index (χ1v) is 13.5. The first kappa shape index (κ1) is 28.2. The number of nitrogens with zero attached hydrogens (tertiary/aromatic N) is 1. The molecule has 8 heteroatoms. The van der Waals surface area contributed by atoms with E-state index in [0.717, 1.165) is 36.6 Å². The standard InChI is InChI=1S/C26H37NO5S2/c1-4-7-9-10-11-12-16-32-21-15-14-19(17-22(21)31-6-3)18-23-24(28)27(26(33)34-23)20(25(29)30)13-8-5-2/h14-15,17-18,20H,4-13,16H2,1-3H3,(H,29,30)/b23-18+. The van der Waals surface area contributed by atoms with Gasteiger partial charge in [-0.15, -0.1) is 0 Å². The van der Waals surface area contributed by atoms with E-state index in [1.165, 1.54) is 30.6 Å². The molecule has 0 bridgehead atoms. The molecule has 2 rings (SSSR count). The van der Waals surface area contributed by atoms with Gasteiger partial charge in [0.2, 0.25) is 0 Å². The monoisotopic (exact) mass is 507 g/mol. The number of thioether (sulfide) groups is 1. The fourth-order valence-corrected chi connectivity index (χ4v) is 5.08. The number of hydrogen-bond acceptors (Lipinski definition) is 6. The van der Waals surface area contributed by atoms with Crippen LogP contribution in [0.2, 0.25) is 0 Å². The molecule has 0 spiro atoms. The van der Waals surface area contributed by atoms with Crippen LogP contribution in [0.3, 0.4) is 0 Å². The Morgan fingerprint density at radius 1 is 1.06 bits per heavy atom. The number of carbonyl (C=O) groups is 2. The SMILES string of the molecule is CCCCCCCCOc1ccc(/C=C2/SC(=S)N(C(CCCC)C(=O)O)C2=O)cc1OCC. The second-order valence-corrected chi connectivity index (χ2v) is 9.98. The van der Waals surface area contributed by atoms with Gasteiger partial charge in [-0.1, -0.05) is 88.8 Å². The van der Waals surface area contributed by atoms with E-state index in [-0.39, 0.29) is 10.2 Å². The van der Waals surface area contributed by atoms with Crippen molar-refractivity contribution in [1.82, 2.24) is 4.90 Å². The van der Waals surface area contributed by atoms with Gasteiger partial charge in [0.15, 0.2) is 11.5 Å². The van der Waals surface area contributed by atoms with Crippen molar-refractivity contribution in [2.45, 2.75) is 84.6 Å².